The third-order valence-electron chi connectivity index (χ3n) is 6.30. The molecule has 1 unspecified atom stereocenters. The molecule has 3 aromatic rings. The van der Waals surface area contributed by atoms with Crippen LogP contribution in [0.3, 0.4) is 0 Å². The molecule has 1 atom stereocenters. The molecule has 0 spiro atoms. The molecule has 1 amide bonds. The van der Waals surface area contributed by atoms with E-state index >= 15 is 0 Å². The normalized spacial score (nSPS) is 16.6. The molecule has 1 N–H and O–H groups in total. The van der Waals surface area contributed by atoms with Gasteiger partial charge in [0.15, 0.2) is 11.5 Å². The number of likely N-dealkylation sites (tertiary alicyclic amines) is 1. The van der Waals surface area contributed by atoms with E-state index in [2.05, 4.69) is 4.98 Å². The van der Waals surface area contributed by atoms with Gasteiger partial charge in [0.05, 0.1) is 38.3 Å². The van der Waals surface area contributed by atoms with Crippen LogP contribution in [0.4, 0.5) is 0 Å². The summed E-state index contributed by atoms with van der Waals surface area (Å²) >= 11 is 0. The molecule has 0 saturated carbocycles. The summed E-state index contributed by atoms with van der Waals surface area (Å²) in [4.78, 5) is 32.2. The molecule has 1 fully saturated rings. The molecule has 0 bridgehead atoms. The number of Topliss-reactive ketones (excluding diaryl/α,β-unsaturated/α-hetero) is 1. The lowest BCUT2D eigenvalue weighted by atomic mass is 9.95. The van der Waals surface area contributed by atoms with Crippen molar-refractivity contribution in [3.8, 4) is 17.2 Å². The second-order valence-electron chi connectivity index (χ2n) is 8.87. The molecule has 2 heterocycles. The quantitative estimate of drug-likeness (QED) is 0.212. The molecule has 200 valence electrons. The summed E-state index contributed by atoms with van der Waals surface area (Å²) in [7, 11) is 1.53. The van der Waals surface area contributed by atoms with Gasteiger partial charge in [-0.3, -0.25) is 9.59 Å². The number of ether oxygens (including phenoxy) is 3. The van der Waals surface area contributed by atoms with Gasteiger partial charge in [0.1, 0.15) is 11.5 Å². The Morgan fingerprint density at radius 3 is 2.61 bits per heavy atom. The van der Waals surface area contributed by atoms with Crippen molar-refractivity contribution >= 4 is 17.4 Å². The predicted octanol–water partition coefficient (Wildman–Crippen LogP) is 4.59. The number of hydrogen-bond acceptors (Lipinski definition) is 7. The van der Waals surface area contributed by atoms with Crippen molar-refractivity contribution in [2.24, 2.45) is 0 Å². The van der Waals surface area contributed by atoms with Crippen LogP contribution >= 0.6 is 0 Å². The highest BCUT2D eigenvalue weighted by molar-refractivity contribution is 6.46. The number of nitrogens with zero attached hydrogens (tertiary/aromatic N) is 3. The van der Waals surface area contributed by atoms with Crippen molar-refractivity contribution in [2.75, 3.05) is 26.9 Å². The first-order valence-corrected chi connectivity index (χ1v) is 12.8. The first-order chi connectivity index (χ1) is 18.5. The number of hydrogen-bond donors (Lipinski definition) is 1. The number of benzene rings is 2. The van der Waals surface area contributed by atoms with Gasteiger partial charge in [-0.15, -0.1) is 0 Å². The van der Waals surface area contributed by atoms with Crippen LogP contribution in [0.15, 0.2) is 66.8 Å². The molecule has 1 aromatic heterocycles. The van der Waals surface area contributed by atoms with E-state index < -0.39 is 17.7 Å². The average molecular weight is 520 g/mol. The van der Waals surface area contributed by atoms with Crippen molar-refractivity contribution in [2.45, 2.75) is 39.3 Å². The molecule has 0 aliphatic carbocycles. The second-order valence-corrected chi connectivity index (χ2v) is 8.87. The largest absolute Gasteiger partial charge is 0.507 e. The predicted molar refractivity (Wildman–Crippen MR) is 142 cm³/mol. The Labute approximate surface area is 222 Å². The zero-order chi connectivity index (χ0) is 27.1. The van der Waals surface area contributed by atoms with Gasteiger partial charge >= 0.3 is 0 Å². The minimum absolute atomic E-state index is 0.0245. The molecule has 2 aromatic carbocycles. The van der Waals surface area contributed by atoms with Gasteiger partial charge in [-0.1, -0.05) is 25.1 Å². The monoisotopic (exact) mass is 519 g/mol. The van der Waals surface area contributed by atoms with E-state index in [1.165, 1.54) is 12.0 Å². The summed E-state index contributed by atoms with van der Waals surface area (Å²) in [6.45, 7) is 5.79. The van der Waals surface area contributed by atoms with Gasteiger partial charge in [0, 0.05) is 31.0 Å². The number of carbonyl (C=O) groups excluding carboxylic acids is 2. The molecule has 4 rings (SSSR count). The van der Waals surface area contributed by atoms with Gasteiger partial charge in [-0.25, -0.2) is 4.98 Å². The Kier molecular flexibility index (Phi) is 8.68. The molecular weight excluding hydrogens is 486 g/mol. The van der Waals surface area contributed by atoms with E-state index in [1.54, 1.807) is 55.0 Å². The number of aromatic nitrogens is 2. The van der Waals surface area contributed by atoms with Crippen LogP contribution < -0.4 is 14.2 Å². The number of amides is 1. The average Bonchev–Trinajstić information content (AvgIpc) is 3.54. The summed E-state index contributed by atoms with van der Waals surface area (Å²) in [6, 6.07) is 11.4. The SMILES string of the molecule is CCCOc1cccc(/C(O)=C2\C(=O)C(=O)N(CCCn3ccnc3)C2c2ccc(OCC)c(OC)c2)c1. The Bertz CT molecular complexity index is 1300. The van der Waals surface area contributed by atoms with E-state index in [9.17, 15) is 14.7 Å². The van der Waals surface area contributed by atoms with Gasteiger partial charge in [-0.05, 0) is 49.6 Å². The topological polar surface area (TPSA) is 103 Å². The van der Waals surface area contributed by atoms with Crippen LogP contribution in [0.5, 0.6) is 17.2 Å². The Hall–Kier alpha value is -4.27. The van der Waals surface area contributed by atoms with Crippen LogP contribution in [0.25, 0.3) is 5.76 Å². The van der Waals surface area contributed by atoms with E-state index in [-0.39, 0.29) is 11.3 Å². The van der Waals surface area contributed by atoms with E-state index in [1.807, 2.05) is 24.6 Å². The Morgan fingerprint density at radius 1 is 1.05 bits per heavy atom. The number of aliphatic hydroxyl groups is 1. The molecular formula is C29H33N3O6. The van der Waals surface area contributed by atoms with Gasteiger partial charge in [-0.2, -0.15) is 0 Å². The van der Waals surface area contributed by atoms with Crippen molar-refractivity contribution in [1.29, 1.82) is 0 Å². The van der Waals surface area contributed by atoms with Gasteiger partial charge < -0.3 is 28.8 Å². The summed E-state index contributed by atoms with van der Waals surface area (Å²) in [6.07, 6.45) is 6.66. The lowest BCUT2D eigenvalue weighted by molar-refractivity contribution is -0.139. The third kappa shape index (κ3) is 5.66. The van der Waals surface area contributed by atoms with Gasteiger partial charge in [0.25, 0.3) is 11.7 Å². The molecule has 1 aliphatic heterocycles. The number of rotatable bonds is 12. The highest BCUT2D eigenvalue weighted by Crippen LogP contribution is 2.42. The number of methoxy groups -OCH3 is 1. The molecule has 1 saturated heterocycles. The zero-order valence-electron chi connectivity index (χ0n) is 21.9. The molecule has 9 nitrogen and oxygen atoms in total. The number of ketones is 1. The smallest absolute Gasteiger partial charge is 0.295 e. The lowest BCUT2D eigenvalue weighted by Crippen LogP contribution is -2.31. The van der Waals surface area contributed by atoms with Crippen LogP contribution in [-0.2, 0) is 16.1 Å². The first-order valence-electron chi connectivity index (χ1n) is 12.8. The lowest BCUT2D eigenvalue weighted by Gasteiger charge is -2.26. The number of aryl methyl sites for hydroxylation is 1. The number of aliphatic hydroxyl groups excluding tert-OH is 1. The standard InChI is InChI=1S/C29H33N3O6/c1-4-16-38-22-9-6-8-21(17-22)27(33)25-26(20-10-11-23(37-5-2)24(18-20)36-3)32(29(35)28(25)34)14-7-13-31-15-12-30-19-31/h6,8-12,15,17-19,26,33H,4-5,7,13-14,16H2,1-3H3/b27-25+. The van der Waals surface area contributed by atoms with Crippen molar-refractivity contribution in [1.82, 2.24) is 14.5 Å². The molecule has 1 aliphatic rings. The minimum Gasteiger partial charge on any atom is -0.507 e. The maximum absolute atomic E-state index is 13.4. The van der Waals surface area contributed by atoms with Crippen molar-refractivity contribution in [3.05, 3.63) is 77.9 Å². The fourth-order valence-electron chi connectivity index (χ4n) is 4.54. The number of carbonyl (C=O) groups is 2. The summed E-state index contributed by atoms with van der Waals surface area (Å²) < 4.78 is 18.8. The van der Waals surface area contributed by atoms with E-state index in [0.29, 0.717) is 61.1 Å². The van der Waals surface area contributed by atoms with Crippen LogP contribution in [0.2, 0.25) is 0 Å². The molecule has 38 heavy (non-hydrogen) atoms. The van der Waals surface area contributed by atoms with Crippen molar-refractivity contribution < 1.29 is 28.9 Å². The summed E-state index contributed by atoms with van der Waals surface area (Å²) in [5, 5.41) is 11.4. The first kappa shape index (κ1) is 26.8. The molecule has 9 heteroatoms. The highest BCUT2D eigenvalue weighted by atomic mass is 16.5. The fourth-order valence-corrected chi connectivity index (χ4v) is 4.54. The fraction of sp³-hybridized carbons (Fsp3) is 0.345. The summed E-state index contributed by atoms with van der Waals surface area (Å²) in [5.41, 5.74) is 1.06. The Morgan fingerprint density at radius 2 is 1.89 bits per heavy atom. The second kappa shape index (κ2) is 12.3. The number of imidazole rings is 1. The van der Waals surface area contributed by atoms with E-state index in [0.717, 1.165) is 6.42 Å². The maximum atomic E-state index is 13.4. The maximum Gasteiger partial charge on any atom is 0.295 e. The highest BCUT2D eigenvalue weighted by Gasteiger charge is 2.46. The summed E-state index contributed by atoms with van der Waals surface area (Å²) in [5.74, 6) is -0.0406. The minimum atomic E-state index is -0.803. The Balaban J connectivity index is 1.76. The zero-order valence-corrected chi connectivity index (χ0v) is 21.9. The van der Waals surface area contributed by atoms with E-state index in [4.69, 9.17) is 14.2 Å². The van der Waals surface area contributed by atoms with Gasteiger partial charge in [0.2, 0.25) is 0 Å². The van der Waals surface area contributed by atoms with Crippen LogP contribution in [0.1, 0.15) is 43.9 Å². The van der Waals surface area contributed by atoms with Crippen LogP contribution in [-0.4, -0.2) is 58.1 Å². The van der Waals surface area contributed by atoms with Crippen LogP contribution in [0, 0.1) is 0 Å². The third-order valence-corrected chi connectivity index (χ3v) is 6.30. The molecule has 0 radical (unpaired) electrons. The van der Waals surface area contributed by atoms with Crippen molar-refractivity contribution in [3.63, 3.8) is 0 Å².